The van der Waals surface area contributed by atoms with Gasteiger partial charge in [-0.25, -0.2) is 0 Å². The summed E-state index contributed by atoms with van der Waals surface area (Å²) in [7, 11) is 0. The zero-order valence-electron chi connectivity index (χ0n) is 26.0. The number of para-hydroxylation sites is 1. The van der Waals surface area contributed by atoms with E-state index in [1.807, 2.05) is 75.4 Å². The van der Waals surface area contributed by atoms with Gasteiger partial charge in [-0.2, -0.15) is 0 Å². The van der Waals surface area contributed by atoms with Crippen LogP contribution in [0.1, 0.15) is 55.1 Å². The highest BCUT2D eigenvalue weighted by atomic mass is 16.5. The third-order valence-electron chi connectivity index (χ3n) is 8.96. The second-order valence-corrected chi connectivity index (χ2v) is 12.7. The van der Waals surface area contributed by atoms with Crippen LogP contribution in [0.5, 0.6) is 5.75 Å². The van der Waals surface area contributed by atoms with Crippen LogP contribution in [0.4, 0.5) is 0 Å². The molecule has 0 saturated carbocycles. The quantitative estimate of drug-likeness (QED) is 0.275. The van der Waals surface area contributed by atoms with Crippen LogP contribution in [0.25, 0.3) is 0 Å². The van der Waals surface area contributed by atoms with E-state index in [-0.39, 0.29) is 31.9 Å². The van der Waals surface area contributed by atoms with E-state index in [9.17, 15) is 24.6 Å². The molecule has 5 rings (SSSR count). The number of likely N-dealkylation sites (tertiary alicyclic amines) is 1. The Labute approximate surface area is 263 Å². The maximum atomic E-state index is 13.8. The fourth-order valence-corrected chi connectivity index (χ4v) is 6.34. The number of amides is 3. The number of aromatic nitrogens is 1. The second kappa shape index (κ2) is 13.8. The zero-order chi connectivity index (χ0) is 32.1. The van der Waals surface area contributed by atoms with Crippen molar-refractivity contribution in [3.8, 4) is 5.75 Å². The molecule has 1 saturated heterocycles. The van der Waals surface area contributed by atoms with Crippen LogP contribution in [0.3, 0.4) is 0 Å². The molecule has 5 atom stereocenters. The molecule has 238 valence electrons. The first-order chi connectivity index (χ1) is 21.5. The molecule has 0 radical (unpaired) electrons. The Morgan fingerprint density at radius 3 is 2.56 bits per heavy atom. The van der Waals surface area contributed by atoms with E-state index in [0.29, 0.717) is 24.3 Å². The molecule has 0 spiro atoms. The molecule has 1 fully saturated rings. The van der Waals surface area contributed by atoms with Crippen molar-refractivity contribution >= 4 is 17.7 Å². The number of carbonyl (C=O) groups is 3. The zero-order valence-corrected chi connectivity index (χ0v) is 26.0. The van der Waals surface area contributed by atoms with Crippen LogP contribution in [0, 0.1) is 18.3 Å². The molecule has 10 nitrogen and oxygen atoms in total. The summed E-state index contributed by atoms with van der Waals surface area (Å²) in [5.74, 6) is -1.50. The van der Waals surface area contributed by atoms with Crippen molar-refractivity contribution in [2.24, 2.45) is 11.3 Å². The number of pyridine rings is 1. The van der Waals surface area contributed by atoms with Gasteiger partial charge in [-0.05, 0) is 54.9 Å². The van der Waals surface area contributed by atoms with Crippen LogP contribution in [-0.4, -0.2) is 69.2 Å². The van der Waals surface area contributed by atoms with Gasteiger partial charge in [0.05, 0.1) is 18.3 Å². The number of fused-ring (bicyclic) bond motifs is 1. The SMILES string of the molecule is Cc1cccnc1CNC(=O)[C@H]1N(C(=O)[C@@H](O)C[C@@H](Cc2ccccc2)C(=O)N[C@H]2c3ccccc3OC[C@H]2O)CCC1(C)C. The summed E-state index contributed by atoms with van der Waals surface area (Å²) in [6, 6.07) is 18.9. The Bertz CT molecular complexity index is 1510. The molecule has 45 heavy (non-hydrogen) atoms. The topological polar surface area (TPSA) is 141 Å². The summed E-state index contributed by atoms with van der Waals surface area (Å²) < 4.78 is 5.62. The monoisotopic (exact) mass is 614 g/mol. The highest BCUT2D eigenvalue weighted by Gasteiger charge is 2.48. The van der Waals surface area contributed by atoms with E-state index in [4.69, 9.17) is 4.74 Å². The molecule has 3 amide bonds. The van der Waals surface area contributed by atoms with Gasteiger partial charge >= 0.3 is 0 Å². The van der Waals surface area contributed by atoms with Crippen LogP contribution in [0.15, 0.2) is 72.9 Å². The number of nitrogens with one attached hydrogen (secondary N) is 2. The first-order valence-electron chi connectivity index (χ1n) is 15.5. The lowest BCUT2D eigenvalue weighted by atomic mass is 9.84. The summed E-state index contributed by atoms with van der Waals surface area (Å²) in [6.45, 7) is 6.36. The van der Waals surface area contributed by atoms with E-state index >= 15 is 0 Å². The van der Waals surface area contributed by atoms with Gasteiger partial charge in [-0.1, -0.05) is 68.4 Å². The van der Waals surface area contributed by atoms with Crippen molar-refractivity contribution in [3.05, 3.63) is 95.3 Å². The summed E-state index contributed by atoms with van der Waals surface area (Å²) in [4.78, 5) is 46.9. The third-order valence-corrected chi connectivity index (χ3v) is 8.96. The predicted octanol–water partition coefficient (Wildman–Crippen LogP) is 2.85. The number of ether oxygens (including phenoxy) is 1. The summed E-state index contributed by atoms with van der Waals surface area (Å²) >= 11 is 0. The Morgan fingerprint density at radius 1 is 1.07 bits per heavy atom. The molecule has 0 bridgehead atoms. The van der Waals surface area contributed by atoms with E-state index < -0.39 is 47.4 Å². The Balaban J connectivity index is 1.31. The Kier molecular flexibility index (Phi) is 9.84. The van der Waals surface area contributed by atoms with Crippen molar-refractivity contribution < 1.29 is 29.3 Å². The number of benzene rings is 2. The van der Waals surface area contributed by atoms with Crippen molar-refractivity contribution in [3.63, 3.8) is 0 Å². The van der Waals surface area contributed by atoms with Crippen LogP contribution in [0.2, 0.25) is 0 Å². The number of aliphatic hydroxyl groups is 2. The lowest BCUT2D eigenvalue weighted by Crippen LogP contribution is -2.53. The van der Waals surface area contributed by atoms with Gasteiger partial charge in [0.1, 0.15) is 30.6 Å². The molecule has 0 unspecified atom stereocenters. The van der Waals surface area contributed by atoms with E-state index in [1.54, 1.807) is 18.3 Å². The molecule has 3 aromatic rings. The number of rotatable bonds is 10. The van der Waals surface area contributed by atoms with Gasteiger partial charge in [-0.15, -0.1) is 0 Å². The van der Waals surface area contributed by atoms with Gasteiger partial charge in [0.25, 0.3) is 5.91 Å². The highest BCUT2D eigenvalue weighted by molar-refractivity contribution is 5.91. The molecule has 2 aliphatic heterocycles. The summed E-state index contributed by atoms with van der Waals surface area (Å²) in [5.41, 5.74) is 2.70. The highest BCUT2D eigenvalue weighted by Crippen LogP contribution is 2.37. The molecule has 2 aromatic carbocycles. The minimum atomic E-state index is -1.52. The minimum absolute atomic E-state index is 0.0283. The lowest BCUT2D eigenvalue weighted by molar-refractivity contribution is -0.148. The summed E-state index contributed by atoms with van der Waals surface area (Å²) in [6.07, 6.45) is -0.104. The molecular formula is C35H42N4O6. The largest absolute Gasteiger partial charge is 0.490 e. The Hall–Kier alpha value is -4.28. The van der Waals surface area contributed by atoms with Gasteiger partial charge < -0.3 is 30.5 Å². The third kappa shape index (κ3) is 7.34. The normalized spacial score (nSPS) is 21.6. The first kappa shape index (κ1) is 32.1. The molecule has 2 aliphatic rings. The molecule has 4 N–H and O–H groups in total. The average molecular weight is 615 g/mol. The smallest absolute Gasteiger partial charge is 0.252 e. The predicted molar refractivity (Wildman–Crippen MR) is 168 cm³/mol. The maximum Gasteiger partial charge on any atom is 0.252 e. The molecular weight excluding hydrogens is 572 g/mol. The second-order valence-electron chi connectivity index (χ2n) is 12.7. The molecule has 0 aliphatic carbocycles. The van der Waals surface area contributed by atoms with Gasteiger partial charge in [0.2, 0.25) is 11.8 Å². The number of hydrogen-bond donors (Lipinski definition) is 4. The van der Waals surface area contributed by atoms with E-state index in [0.717, 1.165) is 16.8 Å². The van der Waals surface area contributed by atoms with E-state index in [1.165, 1.54) is 4.90 Å². The number of nitrogens with zero attached hydrogens (tertiary/aromatic N) is 2. The average Bonchev–Trinajstić information content (AvgIpc) is 3.36. The number of aryl methyl sites for hydroxylation is 1. The number of carbonyl (C=O) groups excluding carboxylic acids is 3. The van der Waals surface area contributed by atoms with Crippen LogP contribution < -0.4 is 15.4 Å². The van der Waals surface area contributed by atoms with Crippen molar-refractivity contribution in [1.29, 1.82) is 0 Å². The number of aliphatic hydroxyl groups excluding tert-OH is 2. The van der Waals surface area contributed by atoms with E-state index in [2.05, 4.69) is 15.6 Å². The van der Waals surface area contributed by atoms with Crippen molar-refractivity contribution in [2.45, 2.75) is 70.9 Å². The standard InChI is InChI=1S/C35H42N4O6/c1-22-10-9-16-36-26(22)20-37-33(43)31-35(2,3)15-17-39(31)34(44)27(40)19-24(18-23-11-5-4-6-12-23)32(42)38-30-25-13-7-8-14-29(25)45-21-28(30)41/h4-14,16,24,27-28,30-31,40-41H,15,17-21H2,1-3H3,(H,37,43)(H,38,42)/t24-,27+,28-,30+,31-/m1/s1. The Morgan fingerprint density at radius 2 is 1.80 bits per heavy atom. The fraction of sp³-hybridized carbons (Fsp3) is 0.429. The fourth-order valence-electron chi connectivity index (χ4n) is 6.34. The van der Waals surface area contributed by atoms with Crippen LogP contribution >= 0.6 is 0 Å². The minimum Gasteiger partial charge on any atom is -0.490 e. The van der Waals surface area contributed by atoms with Crippen molar-refractivity contribution in [1.82, 2.24) is 20.5 Å². The molecule has 1 aromatic heterocycles. The van der Waals surface area contributed by atoms with Gasteiger partial charge in [0.15, 0.2) is 0 Å². The lowest BCUT2D eigenvalue weighted by Gasteiger charge is -2.34. The number of hydrogen-bond acceptors (Lipinski definition) is 7. The van der Waals surface area contributed by atoms with Crippen molar-refractivity contribution in [2.75, 3.05) is 13.2 Å². The molecule has 10 heteroatoms. The van der Waals surface area contributed by atoms with Gasteiger partial charge in [-0.3, -0.25) is 19.4 Å². The van der Waals surface area contributed by atoms with Crippen LogP contribution in [-0.2, 0) is 27.3 Å². The first-order valence-corrected chi connectivity index (χ1v) is 15.5. The summed E-state index contributed by atoms with van der Waals surface area (Å²) in [5, 5.41) is 27.9. The maximum absolute atomic E-state index is 13.8. The van der Waals surface area contributed by atoms with Gasteiger partial charge in [0, 0.05) is 24.2 Å². The molecule has 3 heterocycles.